The lowest BCUT2D eigenvalue weighted by molar-refractivity contribution is -0.129. The smallest absolute Gasteiger partial charge is 0.330 e. The number of aryl methyl sites for hydroxylation is 1. The van der Waals surface area contributed by atoms with Crippen molar-refractivity contribution in [1.82, 2.24) is 19.0 Å². The van der Waals surface area contributed by atoms with Crippen molar-refractivity contribution >= 4 is 17.1 Å². The van der Waals surface area contributed by atoms with E-state index in [1.54, 1.807) is 22.4 Å². The number of aromatic nitrogens is 3. The van der Waals surface area contributed by atoms with Gasteiger partial charge in [0.25, 0.3) is 0 Å². The number of hydrogen-bond donors (Lipinski definition) is 0. The highest BCUT2D eigenvalue weighted by Gasteiger charge is 2.31. The van der Waals surface area contributed by atoms with Crippen LogP contribution in [0.5, 0.6) is 0 Å². The van der Waals surface area contributed by atoms with Crippen molar-refractivity contribution in [2.24, 2.45) is 0 Å². The van der Waals surface area contributed by atoms with Crippen LogP contribution < -0.4 is 5.69 Å². The van der Waals surface area contributed by atoms with Gasteiger partial charge in [-0.1, -0.05) is 24.3 Å². The normalized spacial score (nSPS) is 16.6. The SMILES string of the molecule is COCCn1c(=O)n([C@@H]2CCN(C(=O)Cc3ccccc3C)C2)c2ncccc21. The predicted molar refractivity (Wildman–Crippen MR) is 111 cm³/mol. The molecule has 7 heteroatoms. The summed E-state index contributed by atoms with van der Waals surface area (Å²) in [7, 11) is 1.62. The van der Waals surface area contributed by atoms with Crippen LogP contribution >= 0.6 is 0 Å². The number of rotatable bonds is 6. The maximum absolute atomic E-state index is 13.1. The lowest BCUT2D eigenvalue weighted by Gasteiger charge is -2.17. The van der Waals surface area contributed by atoms with Crippen LogP contribution in [-0.4, -0.2) is 51.7 Å². The van der Waals surface area contributed by atoms with Crippen molar-refractivity contribution in [3.63, 3.8) is 0 Å². The van der Waals surface area contributed by atoms with Gasteiger partial charge < -0.3 is 9.64 Å². The minimum atomic E-state index is -0.0889. The summed E-state index contributed by atoms with van der Waals surface area (Å²) in [4.78, 5) is 32.3. The van der Waals surface area contributed by atoms with E-state index in [1.807, 2.05) is 48.2 Å². The molecule has 1 aliphatic rings. The Bertz CT molecular complexity index is 1090. The molecule has 3 aromatic rings. The Hall–Kier alpha value is -2.93. The Kier molecular flexibility index (Phi) is 5.49. The second-order valence-corrected chi connectivity index (χ2v) is 7.53. The van der Waals surface area contributed by atoms with Crippen molar-refractivity contribution in [3.8, 4) is 0 Å². The summed E-state index contributed by atoms with van der Waals surface area (Å²) in [5, 5.41) is 0. The number of carbonyl (C=O) groups excluding carboxylic acids is 1. The molecular formula is C22H26N4O3. The summed E-state index contributed by atoms with van der Waals surface area (Å²) in [5.74, 6) is 0.103. The zero-order valence-electron chi connectivity index (χ0n) is 16.9. The van der Waals surface area contributed by atoms with Crippen molar-refractivity contribution in [1.29, 1.82) is 0 Å². The summed E-state index contributed by atoms with van der Waals surface area (Å²) >= 11 is 0. The van der Waals surface area contributed by atoms with Crippen LogP contribution in [0.25, 0.3) is 11.2 Å². The molecule has 0 unspecified atom stereocenters. The monoisotopic (exact) mass is 394 g/mol. The molecule has 4 rings (SSSR count). The third-order valence-corrected chi connectivity index (χ3v) is 5.73. The van der Waals surface area contributed by atoms with E-state index >= 15 is 0 Å². The largest absolute Gasteiger partial charge is 0.383 e. The molecule has 1 aromatic carbocycles. The van der Waals surface area contributed by atoms with Gasteiger partial charge >= 0.3 is 5.69 Å². The van der Waals surface area contributed by atoms with E-state index in [2.05, 4.69) is 4.98 Å². The zero-order valence-corrected chi connectivity index (χ0v) is 16.9. The first-order valence-electron chi connectivity index (χ1n) is 9.97. The number of hydrogen-bond acceptors (Lipinski definition) is 4. The van der Waals surface area contributed by atoms with Crippen molar-refractivity contribution in [2.75, 3.05) is 26.8 Å². The fourth-order valence-corrected chi connectivity index (χ4v) is 4.10. The van der Waals surface area contributed by atoms with Gasteiger partial charge in [0.2, 0.25) is 5.91 Å². The van der Waals surface area contributed by atoms with Crippen molar-refractivity contribution in [3.05, 3.63) is 64.2 Å². The lowest BCUT2D eigenvalue weighted by atomic mass is 10.1. The summed E-state index contributed by atoms with van der Waals surface area (Å²) < 4.78 is 8.62. The van der Waals surface area contributed by atoms with Crippen LogP contribution in [0.3, 0.4) is 0 Å². The molecule has 0 aliphatic carbocycles. The first-order chi connectivity index (χ1) is 14.1. The van der Waals surface area contributed by atoms with Gasteiger partial charge in [-0.15, -0.1) is 0 Å². The molecule has 29 heavy (non-hydrogen) atoms. The molecule has 0 N–H and O–H groups in total. The number of methoxy groups -OCH3 is 1. The van der Waals surface area contributed by atoms with Crippen molar-refractivity contribution in [2.45, 2.75) is 32.4 Å². The van der Waals surface area contributed by atoms with Crippen LogP contribution in [0.2, 0.25) is 0 Å². The maximum Gasteiger partial charge on any atom is 0.330 e. The molecule has 0 spiro atoms. The molecule has 7 nitrogen and oxygen atoms in total. The number of imidazole rings is 1. The number of fused-ring (bicyclic) bond motifs is 1. The van der Waals surface area contributed by atoms with Gasteiger partial charge in [-0.2, -0.15) is 0 Å². The van der Waals surface area contributed by atoms with Crippen LogP contribution in [-0.2, 0) is 22.5 Å². The third-order valence-electron chi connectivity index (χ3n) is 5.73. The van der Waals surface area contributed by atoms with E-state index in [-0.39, 0.29) is 17.6 Å². The van der Waals surface area contributed by atoms with Crippen LogP contribution in [0, 0.1) is 6.92 Å². The van der Waals surface area contributed by atoms with Gasteiger partial charge in [0.1, 0.15) is 0 Å². The number of benzene rings is 1. The second kappa shape index (κ2) is 8.21. The molecule has 1 saturated heterocycles. The summed E-state index contributed by atoms with van der Waals surface area (Å²) in [6.45, 7) is 4.15. The van der Waals surface area contributed by atoms with E-state index in [9.17, 15) is 9.59 Å². The van der Waals surface area contributed by atoms with E-state index in [4.69, 9.17) is 4.74 Å². The Morgan fingerprint density at radius 1 is 1.24 bits per heavy atom. The third kappa shape index (κ3) is 3.70. The highest BCUT2D eigenvalue weighted by molar-refractivity contribution is 5.79. The van der Waals surface area contributed by atoms with Gasteiger partial charge in [-0.3, -0.25) is 13.9 Å². The Labute approximate surface area is 169 Å². The number of likely N-dealkylation sites (tertiary alicyclic amines) is 1. The maximum atomic E-state index is 13.1. The summed E-state index contributed by atoms with van der Waals surface area (Å²) in [6.07, 6.45) is 2.84. The fourth-order valence-electron chi connectivity index (χ4n) is 4.10. The van der Waals surface area contributed by atoms with E-state index in [0.717, 1.165) is 23.1 Å². The quantitative estimate of drug-likeness (QED) is 0.643. The Morgan fingerprint density at radius 3 is 2.86 bits per heavy atom. The molecule has 1 atom stereocenters. The minimum Gasteiger partial charge on any atom is -0.383 e. The number of carbonyl (C=O) groups is 1. The van der Waals surface area contributed by atoms with Gasteiger partial charge in [0.05, 0.1) is 31.1 Å². The lowest BCUT2D eigenvalue weighted by Crippen LogP contribution is -2.33. The molecule has 1 aliphatic heterocycles. The van der Waals surface area contributed by atoms with E-state index in [1.165, 1.54) is 0 Å². The molecular weight excluding hydrogens is 368 g/mol. The Morgan fingerprint density at radius 2 is 2.07 bits per heavy atom. The number of ether oxygens (including phenoxy) is 1. The molecule has 152 valence electrons. The standard InChI is InChI=1S/C22H26N4O3/c1-16-6-3-4-7-17(16)14-20(27)24-11-9-18(15-24)26-21-19(8-5-10-23-21)25(22(26)28)12-13-29-2/h3-8,10,18H,9,11-15H2,1-2H3/t18-/m1/s1. The first-order valence-corrected chi connectivity index (χ1v) is 9.97. The minimum absolute atomic E-state index is 0.0653. The highest BCUT2D eigenvalue weighted by Crippen LogP contribution is 2.25. The molecule has 0 saturated carbocycles. The molecule has 0 radical (unpaired) electrons. The number of nitrogens with zero attached hydrogens (tertiary/aromatic N) is 4. The molecule has 0 bridgehead atoms. The summed E-state index contributed by atoms with van der Waals surface area (Å²) in [6, 6.07) is 11.6. The average Bonchev–Trinajstić information content (AvgIpc) is 3.30. The molecule has 2 aromatic heterocycles. The van der Waals surface area contributed by atoms with Crippen LogP contribution in [0.4, 0.5) is 0 Å². The molecule has 1 amide bonds. The second-order valence-electron chi connectivity index (χ2n) is 7.53. The van der Waals surface area contributed by atoms with E-state index in [0.29, 0.717) is 38.3 Å². The number of pyridine rings is 1. The Balaban J connectivity index is 1.57. The zero-order chi connectivity index (χ0) is 20.4. The predicted octanol–water partition coefficient (Wildman–Crippen LogP) is 2.17. The van der Waals surface area contributed by atoms with Crippen LogP contribution in [0.15, 0.2) is 47.4 Å². The van der Waals surface area contributed by atoms with Gasteiger partial charge in [-0.25, -0.2) is 9.78 Å². The fraction of sp³-hybridized carbons (Fsp3) is 0.409. The van der Waals surface area contributed by atoms with Crippen molar-refractivity contribution < 1.29 is 9.53 Å². The molecule has 1 fully saturated rings. The van der Waals surface area contributed by atoms with E-state index < -0.39 is 0 Å². The summed E-state index contributed by atoms with van der Waals surface area (Å²) in [5.41, 5.74) is 3.56. The van der Waals surface area contributed by atoms with Gasteiger partial charge in [-0.05, 0) is 36.6 Å². The first kappa shape index (κ1) is 19.4. The van der Waals surface area contributed by atoms with Crippen LogP contribution in [0.1, 0.15) is 23.6 Å². The molecule has 3 heterocycles. The highest BCUT2D eigenvalue weighted by atomic mass is 16.5. The van der Waals surface area contributed by atoms with Gasteiger partial charge in [0.15, 0.2) is 5.65 Å². The average molecular weight is 394 g/mol. The topological polar surface area (TPSA) is 69.4 Å². The van der Waals surface area contributed by atoms with Gasteiger partial charge in [0, 0.05) is 26.4 Å². The number of amides is 1.